The van der Waals surface area contributed by atoms with Crippen LogP contribution in [0.5, 0.6) is 5.75 Å². The van der Waals surface area contributed by atoms with Gasteiger partial charge in [-0.05, 0) is 30.3 Å². The number of nitrogens with zero attached hydrogens (tertiary/aromatic N) is 3. The fourth-order valence-electron chi connectivity index (χ4n) is 2.57. The first-order chi connectivity index (χ1) is 15.2. The number of carbonyl (C=O) groups excluding carboxylic acids is 1. The fourth-order valence-corrected chi connectivity index (χ4v) is 3.24. The molecule has 0 aliphatic rings. The lowest BCUT2D eigenvalue weighted by Crippen LogP contribution is -2.20. The fraction of sp³-hybridized carbons (Fsp3) is 0.167. The summed E-state index contributed by atoms with van der Waals surface area (Å²) in [5.41, 5.74) is -2.86. The monoisotopic (exact) mass is 494 g/mol. The first-order valence-corrected chi connectivity index (χ1v) is 10.5. The van der Waals surface area contributed by atoms with Gasteiger partial charge in [0.05, 0.1) is 16.7 Å². The van der Waals surface area contributed by atoms with Gasteiger partial charge in [-0.1, -0.05) is 6.07 Å². The largest absolute Gasteiger partial charge is 0.437 e. The van der Waals surface area contributed by atoms with Gasteiger partial charge in [0.25, 0.3) is 0 Å². The van der Waals surface area contributed by atoms with E-state index in [4.69, 9.17) is 0 Å². The number of hydrogen-bond acceptors (Lipinski definition) is 6. The SMILES string of the molecule is CS(=O)(=O)c1cccc(NC(=O)Oc2cnn(-c3ccc(C(F)(F)F)cn3)c2C(F)(F)F)c1. The predicted molar refractivity (Wildman–Crippen MR) is 101 cm³/mol. The number of amides is 1. The Kier molecular flexibility index (Phi) is 6.10. The van der Waals surface area contributed by atoms with Gasteiger partial charge >= 0.3 is 18.4 Å². The van der Waals surface area contributed by atoms with E-state index in [1.807, 2.05) is 0 Å². The molecule has 1 N–H and O–H groups in total. The lowest BCUT2D eigenvalue weighted by molar-refractivity contribution is -0.144. The topological polar surface area (TPSA) is 103 Å². The number of hydrogen-bond donors (Lipinski definition) is 1. The average Bonchev–Trinajstić information content (AvgIpc) is 3.11. The Labute approximate surface area is 181 Å². The molecule has 33 heavy (non-hydrogen) atoms. The minimum Gasteiger partial charge on any atom is -0.406 e. The van der Waals surface area contributed by atoms with E-state index in [1.165, 1.54) is 18.2 Å². The van der Waals surface area contributed by atoms with Crippen LogP contribution in [0.25, 0.3) is 5.82 Å². The molecule has 2 aromatic heterocycles. The van der Waals surface area contributed by atoms with Gasteiger partial charge in [-0.3, -0.25) is 5.32 Å². The van der Waals surface area contributed by atoms with Crippen LogP contribution in [0.1, 0.15) is 11.3 Å². The molecule has 0 unspecified atom stereocenters. The van der Waals surface area contributed by atoms with E-state index in [0.29, 0.717) is 24.5 Å². The molecule has 15 heteroatoms. The van der Waals surface area contributed by atoms with E-state index < -0.39 is 51.1 Å². The predicted octanol–water partition coefficient (Wildman–Crippen LogP) is 4.32. The Morgan fingerprint density at radius 2 is 1.73 bits per heavy atom. The molecule has 0 saturated carbocycles. The van der Waals surface area contributed by atoms with Gasteiger partial charge < -0.3 is 4.74 Å². The second kappa shape index (κ2) is 8.38. The molecule has 3 rings (SSSR count). The third-order valence-corrected chi connectivity index (χ3v) is 5.12. The zero-order valence-corrected chi connectivity index (χ0v) is 17.1. The molecule has 0 atom stereocenters. The maximum Gasteiger partial charge on any atom is 0.437 e. The third-order valence-electron chi connectivity index (χ3n) is 4.01. The number of pyridine rings is 1. The molecule has 176 valence electrons. The van der Waals surface area contributed by atoms with Crippen molar-refractivity contribution in [3.8, 4) is 11.6 Å². The van der Waals surface area contributed by atoms with Crippen molar-refractivity contribution >= 4 is 21.6 Å². The van der Waals surface area contributed by atoms with Crippen LogP contribution in [0.3, 0.4) is 0 Å². The van der Waals surface area contributed by atoms with Crippen molar-refractivity contribution in [2.24, 2.45) is 0 Å². The molecule has 3 aromatic rings. The molecule has 0 aliphatic heterocycles. The van der Waals surface area contributed by atoms with Crippen LogP contribution in [0.4, 0.5) is 36.8 Å². The van der Waals surface area contributed by atoms with E-state index in [2.05, 4.69) is 20.1 Å². The number of rotatable bonds is 4. The number of anilines is 1. The number of sulfone groups is 1. The standard InChI is InChI=1S/C18H12F6N4O4S/c1-33(30,31)12-4-2-3-11(7-12)27-16(29)32-13-9-26-28(15(13)18(22,23)24)14-6-5-10(8-25-14)17(19,20)21/h2-9H,1H3,(H,27,29). The molecule has 0 fully saturated rings. The van der Waals surface area contributed by atoms with Gasteiger partial charge in [-0.15, -0.1) is 0 Å². The smallest absolute Gasteiger partial charge is 0.406 e. The first kappa shape index (κ1) is 24.0. The lowest BCUT2D eigenvalue weighted by atomic mass is 10.3. The molecular weight excluding hydrogens is 482 g/mol. The number of benzene rings is 1. The Bertz CT molecular complexity index is 1280. The van der Waals surface area contributed by atoms with Crippen molar-refractivity contribution in [3.63, 3.8) is 0 Å². The van der Waals surface area contributed by atoms with Crippen molar-refractivity contribution in [2.75, 3.05) is 11.6 Å². The van der Waals surface area contributed by atoms with Crippen LogP contribution in [0.15, 0.2) is 53.7 Å². The summed E-state index contributed by atoms with van der Waals surface area (Å²) in [5.74, 6) is -1.66. The summed E-state index contributed by atoms with van der Waals surface area (Å²) in [6, 6.07) is 6.07. The lowest BCUT2D eigenvalue weighted by Gasteiger charge is -2.13. The second-order valence-corrected chi connectivity index (χ2v) is 8.50. The van der Waals surface area contributed by atoms with E-state index >= 15 is 0 Å². The van der Waals surface area contributed by atoms with Crippen molar-refractivity contribution in [1.82, 2.24) is 14.8 Å². The van der Waals surface area contributed by atoms with Gasteiger partial charge in [-0.25, -0.2) is 22.9 Å². The summed E-state index contributed by atoms with van der Waals surface area (Å²) in [4.78, 5) is 15.3. The minimum atomic E-state index is -5.13. The number of nitrogens with one attached hydrogen (secondary N) is 1. The van der Waals surface area contributed by atoms with Crippen LogP contribution < -0.4 is 10.1 Å². The Morgan fingerprint density at radius 1 is 1.03 bits per heavy atom. The number of carbonyl (C=O) groups is 1. The molecule has 2 heterocycles. The van der Waals surface area contributed by atoms with E-state index in [-0.39, 0.29) is 15.3 Å². The summed E-state index contributed by atoms with van der Waals surface area (Å²) in [6.45, 7) is 0. The van der Waals surface area contributed by atoms with Crippen molar-refractivity contribution in [2.45, 2.75) is 17.2 Å². The molecule has 1 aromatic carbocycles. The number of aromatic nitrogens is 3. The van der Waals surface area contributed by atoms with E-state index in [1.54, 1.807) is 0 Å². The van der Waals surface area contributed by atoms with Crippen molar-refractivity contribution < 1.29 is 44.3 Å². The summed E-state index contributed by atoms with van der Waals surface area (Å²) in [5, 5.41) is 5.50. The van der Waals surface area contributed by atoms with Crippen LogP contribution in [-0.2, 0) is 22.2 Å². The van der Waals surface area contributed by atoms with Gasteiger partial charge in [-0.2, -0.15) is 31.4 Å². The number of ether oxygens (including phenoxy) is 1. The molecule has 0 radical (unpaired) electrons. The first-order valence-electron chi connectivity index (χ1n) is 8.64. The Hall–Kier alpha value is -3.62. The molecule has 0 bridgehead atoms. The molecule has 0 aliphatic carbocycles. The van der Waals surface area contributed by atoms with Crippen LogP contribution in [0.2, 0.25) is 0 Å². The number of halogens is 6. The van der Waals surface area contributed by atoms with Crippen LogP contribution in [0, 0.1) is 0 Å². The normalized spacial score (nSPS) is 12.5. The molecule has 0 spiro atoms. The van der Waals surface area contributed by atoms with Crippen LogP contribution >= 0.6 is 0 Å². The summed E-state index contributed by atoms with van der Waals surface area (Å²) >= 11 is 0. The highest BCUT2D eigenvalue weighted by Gasteiger charge is 2.41. The Morgan fingerprint density at radius 3 is 2.27 bits per heavy atom. The molecule has 0 saturated heterocycles. The second-order valence-electron chi connectivity index (χ2n) is 6.48. The average molecular weight is 494 g/mol. The zero-order chi connectivity index (χ0) is 24.6. The van der Waals surface area contributed by atoms with E-state index in [9.17, 15) is 39.6 Å². The highest BCUT2D eigenvalue weighted by Crippen LogP contribution is 2.38. The molecule has 1 amide bonds. The van der Waals surface area contributed by atoms with Gasteiger partial charge in [0.1, 0.15) is 0 Å². The highest BCUT2D eigenvalue weighted by molar-refractivity contribution is 7.90. The maximum atomic E-state index is 13.6. The molecule has 8 nitrogen and oxygen atoms in total. The quantitative estimate of drug-likeness (QED) is 0.542. The maximum absolute atomic E-state index is 13.6. The van der Waals surface area contributed by atoms with Gasteiger partial charge in [0.15, 0.2) is 27.1 Å². The molecular formula is C18H12F6N4O4S. The van der Waals surface area contributed by atoms with Crippen molar-refractivity contribution in [1.29, 1.82) is 0 Å². The Balaban J connectivity index is 1.89. The minimum absolute atomic E-state index is 0.0757. The van der Waals surface area contributed by atoms with E-state index in [0.717, 1.165) is 12.3 Å². The highest BCUT2D eigenvalue weighted by atomic mass is 32.2. The third kappa shape index (κ3) is 5.60. The number of alkyl halides is 6. The van der Waals surface area contributed by atoms with Gasteiger partial charge in [0.2, 0.25) is 0 Å². The summed E-state index contributed by atoms with van der Waals surface area (Å²) < 4.78 is 107. The van der Waals surface area contributed by atoms with Crippen LogP contribution in [-0.4, -0.2) is 35.5 Å². The zero-order valence-electron chi connectivity index (χ0n) is 16.3. The van der Waals surface area contributed by atoms with Crippen molar-refractivity contribution in [3.05, 3.63) is 60.0 Å². The summed E-state index contributed by atoms with van der Waals surface area (Å²) in [7, 11) is -3.62. The summed E-state index contributed by atoms with van der Waals surface area (Å²) in [6.07, 6.45) is -9.49. The van der Waals surface area contributed by atoms with Gasteiger partial charge in [0, 0.05) is 18.1 Å².